The first kappa shape index (κ1) is 9.98. The van der Waals surface area contributed by atoms with E-state index < -0.39 is 6.10 Å². The monoisotopic (exact) mass is 206 g/mol. The fourth-order valence-corrected chi connectivity index (χ4v) is 1.48. The molecule has 0 bridgehead atoms. The van der Waals surface area contributed by atoms with Crippen LogP contribution in [0.5, 0.6) is 0 Å². The average molecular weight is 206 g/mol. The van der Waals surface area contributed by atoms with Crippen molar-refractivity contribution in [2.24, 2.45) is 0 Å². The van der Waals surface area contributed by atoms with Gasteiger partial charge >= 0.3 is 0 Å². The van der Waals surface area contributed by atoms with Gasteiger partial charge in [0.2, 0.25) is 0 Å². The third kappa shape index (κ3) is 2.27. The summed E-state index contributed by atoms with van der Waals surface area (Å²) in [5.74, 6) is 0.813. The van der Waals surface area contributed by atoms with Gasteiger partial charge in [0.1, 0.15) is 11.5 Å². The molecule has 0 aliphatic rings. The minimum atomic E-state index is -0.426. The van der Waals surface area contributed by atoms with Gasteiger partial charge in [0.25, 0.3) is 0 Å². The maximum atomic E-state index is 9.36. The van der Waals surface area contributed by atoms with E-state index in [4.69, 9.17) is 4.52 Å². The lowest BCUT2D eigenvalue weighted by Gasteiger charge is -1.99. The Labute approximate surface area is 88.1 Å². The van der Waals surface area contributed by atoms with E-state index in [1.165, 1.54) is 0 Å². The fraction of sp³-hybridized carbons (Fsp3) is 0.364. The number of aromatic nitrogens is 2. The normalized spacial score (nSPS) is 13.0. The van der Waals surface area contributed by atoms with Crippen molar-refractivity contribution in [1.82, 2.24) is 9.72 Å². The minimum Gasteiger partial charge on any atom is -0.389 e. The number of nitrogens with zero attached hydrogens (tertiary/aromatic N) is 2. The van der Waals surface area contributed by atoms with Crippen molar-refractivity contribution in [3.63, 3.8) is 0 Å². The zero-order chi connectivity index (χ0) is 10.8. The SMILES string of the molecule is Cc1cc(Cn2ccc(C(C)O)c2)no1. The number of rotatable bonds is 3. The molecule has 2 aromatic heterocycles. The Kier molecular flexibility index (Phi) is 2.60. The lowest BCUT2D eigenvalue weighted by molar-refractivity contribution is 0.199. The highest BCUT2D eigenvalue weighted by atomic mass is 16.5. The van der Waals surface area contributed by atoms with E-state index in [0.717, 1.165) is 17.0 Å². The summed E-state index contributed by atoms with van der Waals surface area (Å²) < 4.78 is 6.95. The number of aliphatic hydroxyl groups excluding tert-OH is 1. The fourth-order valence-electron chi connectivity index (χ4n) is 1.48. The molecule has 0 saturated heterocycles. The lowest BCUT2D eigenvalue weighted by atomic mass is 10.2. The summed E-state index contributed by atoms with van der Waals surface area (Å²) in [5, 5.41) is 13.3. The highest BCUT2D eigenvalue weighted by molar-refractivity contribution is 5.14. The Bertz CT molecular complexity index is 443. The molecular formula is C11H14N2O2. The molecule has 0 amide bonds. The Morgan fingerprint density at radius 3 is 2.93 bits per heavy atom. The maximum Gasteiger partial charge on any atom is 0.133 e. The van der Waals surface area contributed by atoms with E-state index in [0.29, 0.717) is 6.54 Å². The molecule has 1 unspecified atom stereocenters. The number of aliphatic hydroxyl groups is 1. The summed E-state index contributed by atoms with van der Waals surface area (Å²) in [6, 6.07) is 3.81. The van der Waals surface area contributed by atoms with Crippen molar-refractivity contribution in [3.8, 4) is 0 Å². The molecule has 0 spiro atoms. The molecular weight excluding hydrogens is 192 g/mol. The van der Waals surface area contributed by atoms with E-state index in [-0.39, 0.29) is 0 Å². The summed E-state index contributed by atoms with van der Waals surface area (Å²) in [7, 11) is 0. The van der Waals surface area contributed by atoms with E-state index >= 15 is 0 Å². The molecule has 0 aromatic carbocycles. The van der Waals surface area contributed by atoms with Crippen LogP contribution in [0.25, 0.3) is 0 Å². The molecule has 0 fully saturated rings. The van der Waals surface area contributed by atoms with Crippen LogP contribution in [-0.2, 0) is 6.54 Å². The largest absolute Gasteiger partial charge is 0.389 e. The van der Waals surface area contributed by atoms with Crippen molar-refractivity contribution in [3.05, 3.63) is 41.5 Å². The van der Waals surface area contributed by atoms with Gasteiger partial charge in [0, 0.05) is 18.5 Å². The molecule has 0 radical (unpaired) electrons. The zero-order valence-corrected chi connectivity index (χ0v) is 8.84. The van der Waals surface area contributed by atoms with Crippen LogP contribution in [0.4, 0.5) is 0 Å². The number of hydrogen-bond acceptors (Lipinski definition) is 3. The van der Waals surface area contributed by atoms with Gasteiger partial charge in [0.15, 0.2) is 0 Å². The van der Waals surface area contributed by atoms with E-state index in [9.17, 15) is 5.11 Å². The first-order valence-electron chi connectivity index (χ1n) is 4.91. The smallest absolute Gasteiger partial charge is 0.133 e. The summed E-state index contributed by atoms with van der Waals surface area (Å²) in [6.45, 7) is 4.29. The van der Waals surface area contributed by atoms with Crippen molar-refractivity contribution in [2.75, 3.05) is 0 Å². The highest BCUT2D eigenvalue weighted by Crippen LogP contribution is 2.13. The van der Waals surface area contributed by atoms with Gasteiger partial charge in [-0.1, -0.05) is 5.16 Å². The zero-order valence-electron chi connectivity index (χ0n) is 8.84. The second-order valence-electron chi connectivity index (χ2n) is 3.72. The third-order valence-electron chi connectivity index (χ3n) is 2.28. The van der Waals surface area contributed by atoms with Gasteiger partial charge in [-0.05, 0) is 25.5 Å². The quantitative estimate of drug-likeness (QED) is 0.834. The van der Waals surface area contributed by atoms with Crippen LogP contribution in [0.3, 0.4) is 0 Å². The van der Waals surface area contributed by atoms with Crippen LogP contribution in [0.2, 0.25) is 0 Å². The molecule has 15 heavy (non-hydrogen) atoms. The molecule has 2 heterocycles. The Morgan fingerprint density at radius 1 is 1.60 bits per heavy atom. The Balaban J connectivity index is 2.11. The van der Waals surface area contributed by atoms with Crippen molar-refractivity contribution in [1.29, 1.82) is 0 Å². The first-order valence-corrected chi connectivity index (χ1v) is 4.91. The van der Waals surface area contributed by atoms with Crippen LogP contribution >= 0.6 is 0 Å². The van der Waals surface area contributed by atoms with Gasteiger partial charge in [-0.3, -0.25) is 0 Å². The van der Waals surface area contributed by atoms with Crippen LogP contribution in [0.1, 0.15) is 30.0 Å². The van der Waals surface area contributed by atoms with Gasteiger partial charge in [-0.25, -0.2) is 0 Å². The molecule has 2 rings (SSSR count). The average Bonchev–Trinajstić information content (AvgIpc) is 2.76. The third-order valence-corrected chi connectivity index (χ3v) is 2.28. The van der Waals surface area contributed by atoms with E-state index in [2.05, 4.69) is 5.16 Å². The molecule has 2 aromatic rings. The summed E-state index contributed by atoms with van der Waals surface area (Å²) in [4.78, 5) is 0. The standard InChI is InChI=1S/C11H14N2O2/c1-8-5-11(12-15-8)7-13-4-3-10(6-13)9(2)14/h3-6,9,14H,7H2,1-2H3. The molecule has 0 saturated carbocycles. The van der Waals surface area contributed by atoms with Crippen molar-refractivity contribution < 1.29 is 9.63 Å². The summed E-state index contributed by atoms with van der Waals surface area (Å²) in [5.41, 5.74) is 1.80. The highest BCUT2D eigenvalue weighted by Gasteiger charge is 2.05. The Morgan fingerprint density at radius 2 is 2.40 bits per heavy atom. The molecule has 4 heteroatoms. The number of aryl methyl sites for hydroxylation is 1. The predicted molar refractivity (Wildman–Crippen MR) is 55.4 cm³/mol. The molecule has 80 valence electrons. The first-order chi connectivity index (χ1) is 7.15. The van der Waals surface area contributed by atoms with Crippen LogP contribution < -0.4 is 0 Å². The Hall–Kier alpha value is -1.55. The summed E-state index contributed by atoms with van der Waals surface area (Å²) in [6.07, 6.45) is 3.41. The molecule has 4 nitrogen and oxygen atoms in total. The summed E-state index contributed by atoms with van der Waals surface area (Å²) >= 11 is 0. The van der Waals surface area contributed by atoms with Gasteiger partial charge < -0.3 is 14.2 Å². The van der Waals surface area contributed by atoms with Crippen LogP contribution in [0.15, 0.2) is 29.0 Å². The van der Waals surface area contributed by atoms with Gasteiger partial charge in [-0.2, -0.15) is 0 Å². The second kappa shape index (κ2) is 3.90. The van der Waals surface area contributed by atoms with Crippen LogP contribution in [-0.4, -0.2) is 14.8 Å². The minimum absolute atomic E-state index is 0.426. The molecule has 1 N–H and O–H groups in total. The van der Waals surface area contributed by atoms with Gasteiger partial charge in [-0.15, -0.1) is 0 Å². The number of hydrogen-bond donors (Lipinski definition) is 1. The maximum absolute atomic E-state index is 9.36. The van der Waals surface area contributed by atoms with Gasteiger partial charge in [0.05, 0.1) is 12.6 Å². The van der Waals surface area contributed by atoms with E-state index in [1.807, 2.05) is 36.0 Å². The molecule has 0 aliphatic carbocycles. The van der Waals surface area contributed by atoms with Crippen molar-refractivity contribution >= 4 is 0 Å². The topological polar surface area (TPSA) is 51.2 Å². The molecule has 0 aliphatic heterocycles. The van der Waals surface area contributed by atoms with Crippen molar-refractivity contribution in [2.45, 2.75) is 26.5 Å². The second-order valence-corrected chi connectivity index (χ2v) is 3.72. The van der Waals surface area contributed by atoms with E-state index in [1.54, 1.807) is 6.92 Å². The van der Waals surface area contributed by atoms with Crippen LogP contribution in [0, 0.1) is 6.92 Å². The molecule has 1 atom stereocenters. The predicted octanol–water partition coefficient (Wildman–Crippen LogP) is 1.89. The lowest BCUT2D eigenvalue weighted by Crippen LogP contribution is -1.96.